The summed E-state index contributed by atoms with van der Waals surface area (Å²) in [7, 11) is 0. The van der Waals surface area contributed by atoms with E-state index in [0.29, 0.717) is 11.8 Å². The van der Waals surface area contributed by atoms with Crippen molar-refractivity contribution in [2.24, 2.45) is 50.7 Å². The van der Waals surface area contributed by atoms with Crippen LogP contribution in [0.1, 0.15) is 99.8 Å². The van der Waals surface area contributed by atoms with Crippen LogP contribution in [0, 0.1) is 50.7 Å². The predicted molar refractivity (Wildman–Crippen MR) is 185 cm³/mol. The van der Waals surface area contributed by atoms with E-state index in [1.807, 2.05) is 0 Å². The molecular formula is C40H64O13. The summed E-state index contributed by atoms with van der Waals surface area (Å²) in [5, 5.41) is 76.5. The highest BCUT2D eigenvalue weighted by Crippen LogP contribution is 2.90. The van der Waals surface area contributed by atoms with Crippen LogP contribution in [-0.4, -0.2) is 134 Å². The molecule has 9 aliphatic rings. The highest BCUT2D eigenvalue weighted by atomic mass is 16.8. The summed E-state index contributed by atoms with van der Waals surface area (Å²) in [6, 6.07) is 0. The highest BCUT2D eigenvalue weighted by molar-refractivity contribution is 5.34. The lowest BCUT2D eigenvalue weighted by Gasteiger charge is -2.63. The van der Waals surface area contributed by atoms with Crippen LogP contribution >= 0.6 is 0 Å². The first-order valence-corrected chi connectivity index (χ1v) is 20.4. The fourth-order valence-electron chi connectivity index (χ4n) is 15.2. The van der Waals surface area contributed by atoms with Crippen molar-refractivity contribution in [3.05, 3.63) is 0 Å². The van der Waals surface area contributed by atoms with Gasteiger partial charge in [0.1, 0.15) is 48.8 Å². The number of ether oxygens (including phenoxy) is 6. The molecule has 53 heavy (non-hydrogen) atoms. The van der Waals surface area contributed by atoms with E-state index in [9.17, 15) is 35.7 Å². The van der Waals surface area contributed by atoms with Gasteiger partial charge in [-0.3, -0.25) is 0 Å². The minimum atomic E-state index is -1.56. The third kappa shape index (κ3) is 4.72. The SMILES string of the molecule is CC1C[C@H]2O[C@@]3(OC2C(C)(C)O)C(O)[C@@]2(C)[C@@H]4CC[C@H]5C(C)(C)C(OC6OCC(O)C(OC7OCC(O)C(O)C7O)C6O)CC[C@@]56C[C@@]46CC[C@]2(C)[C@@H]13. The molecule has 5 saturated carbocycles. The fourth-order valence-corrected chi connectivity index (χ4v) is 15.2. The Kier molecular flexibility index (Phi) is 8.46. The van der Waals surface area contributed by atoms with Crippen LogP contribution in [0.25, 0.3) is 0 Å². The zero-order valence-electron chi connectivity index (χ0n) is 32.4. The molecule has 4 heterocycles. The first-order valence-electron chi connectivity index (χ1n) is 20.4. The Morgan fingerprint density at radius 2 is 1.36 bits per heavy atom. The summed E-state index contributed by atoms with van der Waals surface area (Å²) in [5.41, 5.74) is -1.77. The molecule has 0 aromatic heterocycles. The van der Waals surface area contributed by atoms with Crippen LogP contribution in [0.3, 0.4) is 0 Å². The van der Waals surface area contributed by atoms with Gasteiger partial charge < -0.3 is 64.2 Å². The number of fused-ring (bicyclic) bond motifs is 4. The molecule has 2 bridgehead atoms. The summed E-state index contributed by atoms with van der Waals surface area (Å²) in [4.78, 5) is 0. The summed E-state index contributed by atoms with van der Waals surface area (Å²) < 4.78 is 37.4. The molecule has 4 saturated heterocycles. The Balaban J connectivity index is 0.941. The Labute approximate surface area is 312 Å². The van der Waals surface area contributed by atoms with Crippen LogP contribution in [0.2, 0.25) is 0 Å². The minimum Gasteiger partial charge on any atom is -0.388 e. The number of aliphatic hydroxyl groups is 7. The molecule has 9 rings (SSSR count). The molecule has 0 aromatic carbocycles. The predicted octanol–water partition coefficient (Wildman–Crippen LogP) is 1.58. The standard InChI is InChI=1S/C40H64O13/c1-18-14-21-30(35(4,5)47)53-40(52-21)29(18)36(6)12-13-39-17-38(39)11-10-24(34(2,3)22(38)8-9-23(39)37(36,7)33(40)46)50-32-27(45)28(20(42)16-49-32)51-31-26(44)25(43)19(41)15-48-31/h18-33,41-47H,8-17H2,1-7H3/t18?,19?,20?,21-,22+,23+,24?,25?,26?,27?,28?,29-,30?,31?,32?,33?,36-,37-,38-,39+,40+/m1/s1. The lowest BCUT2D eigenvalue weighted by molar-refractivity contribution is -0.345. The molecule has 13 nitrogen and oxygen atoms in total. The number of hydrogen-bond acceptors (Lipinski definition) is 13. The molecule has 21 atom stereocenters. The average molecular weight is 753 g/mol. The van der Waals surface area contributed by atoms with Gasteiger partial charge in [-0.15, -0.1) is 0 Å². The van der Waals surface area contributed by atoms with Crippen molar-refractivity contribution in [3.63, 3.8) is 0 Å². The summed E-state index contributed by atoms with van der Waals surface area (Å²) >= 11 is 0. The van der Waals surface area contributed by atoms with Gasteiger partial charge in [0.25, 0.3) is 0 Å². The van der Waals surface area contributed by atoms with Gasteiger partial charge in [-0.2, -0.15) is 0 Å². The largest absolute Gasteiger partial charge is 0.388 e. The van der Waals surface area contributed by atoms with Crippen molar-refractivity contribution in [2.45, 2.75) is 185 Å². The van der Waals surface area contributed by atoms with E-state index < -0.39 is 78.2 Å². The van der Waals surface area contributed by atoms with Crippen molar-refractivity contribution in [3.8, 4) is 0 Å². The van der Waals surface area contributed by atoms with Crippen LogP contribution in [0.5, 0.6) is 0 Å². The second-order valence-electron chi connectivity index (χ2n) is 20.6. The van der Waals surface area contributed by atoms with Crippen molar-refractivity contribution < 1.29 is 64.2 Å². The van der Waals surface area contributed by atoms with Crippen LogP contribution in [0.4, 0.5) is 0 Å². The first kappa shape index (κ1) is 38.0. The van der Waals surface area contributed by atoms with Gasteiger partial charge in [-0.05, 0) is 105 Å². The molecule has 13 heteroatoms. The zero-order valence-corrected chi connectivity index (χ0v) is 32.4. The maximum absolute atomic E-state index is 12.8. The Morgan fingerprint density at radius 1 is 0.717 bits per heavy atom. The van der Waals surface area contributed by atoms with Gasteiger partial charge in [-0.1, -0.05) is 34.6 Å². The molecule has 0 amide bonds. The van der Waals surface area contributed by atoms with Crippen molar-refractivity contribution in [2.75, 3.05) is 13.2 Å². The summed E-state index contributed by atoms with van der Waals surface area (Å²) in [5.74, 6) is -0.148. The van der Waals surface area contributed by atoms with E-state index in [4.69, 9.17) is 28.4 Å². The zero-order chi connectivity index (χ0) is 38.1. The van der Waals surface area contributed by atoms with Gasteiger partial charge in [-0.25, -0.2) is 0 Å². The third-order valence-electron chi connectivity index (χ3n) is 17.6. The molecule has 0 aromatic rings. The smallest absolute Gasteiger partial charge is 0.199 e. The van der Waals surface area contributed by atoms with E-state index in [1.165, 1.54) is 0 Å². The van der Waals surface area contributed by atoms with E-state index >= 15 is 0 Å². The van der Waals surface area contributed by atoms with E-state index in [-0.39, 0.29) is 58.9 Å². The molecule has 0 radical (unpaired) electrons. The molecule has 302 valence electrons. The van der Waals surface area contributed by atoms with Gasteiger partial charge in [0.05, 0.1) is 31.0 Å². The molecule has 3 spiro atoms. The summed E-state index contributed by atoms with van der Waals surface area (Å²) in [6.07, 6.45) is -4.62. The molecular weight excluding hydrogens is 688 g/mol. The lowest BCUT2D eigenvalue weighted by Crippen LogP contribution is -2.62. The van der Waals surface area contributed by atoms with Crippen molar-refractivity contribution in [1.82, 2.24) is 0 Å². The van der Waals surface area contributed by atoms with Gasteiger partial charge >= 0.3 is 0 Å². The quantitative estimate of drug-likeness (QED) is 0.200. The van der Waals surface area contributed by atoms with Crippen LogP contribution in [0.15, 0.2) is 0 Å². The number of aliphatic hydroxyl groups excluding tert-OH is 6. The summed E-state index contributed by atoms with van der Waals surface area (Å²) in [6.45, 7) is 14.7. The first-order chi connectivity index (χ1) is 24.7. The topological polar surface area (TPSA) is 197 Å². The normalized spacial score (nSPS) is 61.0. The maximum atomic E-state index is 12.8. The van der Waals surface area contributed by atoms with Gasteiger partial charge in [0.2, 0.25) is 0 Å². The molecule has 9 fully saturated rings. The van der Waals surface area contributed by atoms with Crippen molar-refractivity contribution in [1.29, 1.82) is 0 Å². The number of rotatable bonds is 5. The molecule has 12 unspecified atom stereocenters. The Bertz CT molecular complexity index is 1460. The maximum Gasteiger partial charge on any atom is 0.199 e. The van der Waals surface area contributed by atoms with Crippen LogP contribution < -0.4 is 0 Å². The molecule has 7 N–H and O–H groups in total. The van der Waals surface area contributed by atoms with E-state index in [1.54, 1.807) is 13.8 Å². The average Bonchev–Trinajstić information content (AvgIpc) is 3.60. The fraction of sp³-hybridized carbons (Fsp3) is 1.00. The third-order valence-corrected chi connectivity index (χ3v) is 17.6. The van der Waals surface area contributed by atoms with E-state index in [2.05, 4.69) is 34.6 Å². The monoisotopic (exact) mass is 752 g/mol. The number of hydrogen-bond donors (Lipinski definition) is 7. The molecule has 5 aliphatic carbocycles. The Morgan fingerprint density at radius 3 is 2.06 bits per heavy atom. The van der Waals surface area contributed by atoms with Crippen molar-refractivity contribution >= 4 is 0 Å². The highest BCUT2D eigenvalue weighted by Gasteiger charge is 2.88. The second-order valence-corrected chi connectivity index (χ2v) is 20.6. The van der Waals surface area contributed by atoms with E-state index in [0.717, 1.165) is 51.4 Å². The Hall–Kier alpha value is -0.520. The molecule has 4 aliphatic heterocycles. The second kappa shape index (κ2) is 11.8. The lowest BCUT2D eigenvalue weighted by atomic mass is 9.41. The van der Waals surface area contributed by atoms with Crippen LogP contribution in [-0.2, 0) is 28.4 Å². The minimum absolute atomic E-state index is 0.0294. The van der Waals surface area contributed by atoms with Gasteiger partial charge in [0.15, 0.2) is 18.4 Å². The van der Waals surface area contributed by atoms with Gasteiger partial charge in [0, 0.05) is 11.3 Å².